The molecule has 0 bridgehead atoms. The third-order valence-electron chi connectivity index (χ3n) is 1.99. The van der Waals surface area contributed by atoms with E-state index in [0.717, 1.165) is 5.56 Å². The third-order valence-corrected chi connectivity index (χ3v) is 1.99. The fourth-order valence-electron chi connectivity index (χ4n) is 1.08. The summed E-state index contributed by atoms with van der Waals surface area (Å²) in [6.07, 6.45) is 0. The third kappa shape index (κ3) is 3.25. The van der Waals surface area contributed by atoms with Crippen LogP contribution in [0.5, 0.6) is 0 Å². The number of rotatable bonds is 2. The molecule has 0 unspecified atom stereocenters. The van der Waals surface area contributed by atoms with Crippen molar-refractivity contribution in [2.24, 2.45) is 5.73 Å². The topological polar surface area (TPSA) is 46.2 Å². The van der Waals surface area contributed by atoms with Gasteiger partial charge in [0.1, 0.15) is 5.82 Å². The number of benzene rings is 1. The van der Waals surface area contributed by atoms with Gasteiger partial charge < -0.3 is 10.8 Å². The predicted molar refractivity (Wildman–Crippen MR) is 56.9 cm³/mol. The Hall–Kier alpha value is -0.640. The number of halogens is 2. The number of hydrogen-bond donors (Lipinski definition) is 2. The molecule has 0 spiro atoms. The molecule has 1 atom stereocenters. The highest BCUT2D eigenvalue weighted by Gasteiger charge is 2.24. The van der Waals surface area contributed by atoms with Crippen LogP contribution in [-0.2, 0) is 0 Å². The van der Waals surface area contributed by atoms with Crippen LogP contribution in [0, 0.1) is 5.82 Å². The van der Waals surface area contributed by atoms with Crippen LogP contribution in [0.1, 0.15) is 25.5 Å². The molecule has 3 N–H and O–H groups in total. The maximum Gasteiger partial charge on any atom is 0.123 e. The average molecular weight is 220 g/mol. The first kappa shape index (κ1) is 13.4. The molecule has 4 heteroatoms. The van der Waals surface area contributed by atoms with Crippen LogP contribution < -0.4 is 5.73 Å². The van der Waals surface area contributed by atoms with Crippen LogP contribution in [0.25, 0.3) is 0 Å². The molecule has 1 rings (SSSR count). The zero-order valence-electron chi connectivity index (χ0n) is 8.20. The standard InChI is InChI=1S/C10H14FNO.ClH/c1-10(2,13)9(12)7-3-5-8(11)6-4-7;/h3-6,9,13H,12H2,1-2H3;1H/t9-;/m0./s1. The molecule has 0 fully saturated rings. The highest BCUT2D eigenvalue weighted by molar-refractivity contribution is 5.85. The quantitative estimate of drug-likeness (QED) is 0.800. The van der Waals surface area contributed by atoms with Gasteiger partial charge in [0.2, 0.25) is 0 Å². The monoisotopic (exact) mass is 219 g/mol. The molecule has 0 saturated carbocycles. The van der Waals surface area contributed by atoms with Crippen molar-refractivity contribution < 1.29 is 9.50 Å². The summed E-state index contributed by atoms with van der Waals surface area (Å²) in [6.45, 7) is 3.25. The Bertz CT molecular complexity index is 281. The lowest BCUT2D eigenvalue weighted by atomic mass is 9.93. The first-order chi connectivity index (χ1) is 5.91. The van der Waals surface area contributed by atoms with Crippen LogP contribution >= 0.6 is 12.4 Å². The lowest BCUT2D eigenvalue weighted by Gasteiger charge is -2.25. The summed E-state index contributed by atoms with van der Waals surface area (Å²) in [7, 11) is 0. The Morgan fingerprint density at radius 2 is 1.71 bits per heavy atom. The van der Waals surface area contributed by atoms with Gasteiger partial charge in [-0.3, -0.25) is 0 Å². The van der Waals surface area contributed by atoms with E-state index in [0.29, 0.717) is 0 Å². The summed E-state index contributed by atoms with van der Waals surface area (Å²) in [4.78, 5) is 0. The first-order valence-corrected chi connectivity index (χ1v) is 4.14. The largest absolute Gasteiger partial charge is 0.388 e. The fraction of sp³-hybridized carbons (Fsp3) is 0.400. The minimum absolute atomic E-state index is 0. The van der Waals surface area contributed by atoms with Crippen molar-refractivity contribution >= 4 is 12.4 Å². The summed E-state index contributed by atoms with van der Waals surface area (Å²) in [5, 5.41) is 9.59. The van der Waals surface area contributed by atoms with E-state index in [1.807, 2.05) is 0 Å². The Morgan fingerprint density at radius 1 is 1.29 bits per heavy atom. The smallest absolute Gasteiger partial charge is 0.123 e. The SMILES string of the molecule is CC(C)(O)[C@@H](N)c1ccc(F)cc1.Cl. The second-order valence-corrected chi connectivity index (χ2v) is 3.68. The van der Waals surface area contributed by atoms with Crippen LogP contribution in [0.4, 0.5) is 4.39 Å². The minimum Gasteiger partial charge on any atom is -0.388 e. The van der Waals surface area contributed by atoms with Gasteiger partial charge in [0.05, 0.1) is 11.6 Å². The van der Waals surface area contributed by atoms with E-state index in [1.165, 1.54) is 12.1 Å². The van der Waals surface area contributed by atoms with Gasteiger partial charge in [-0.1, -0.05) is 12.1 Å². The van der Waals surface area contributed by atoms with Gasteiger partial charge in [0, 0.05) is 0 Å². The highest BCUT2D eigenvalue weighted by atomic mass is 35.5. The molecule has 0 aromatic heterocycles. The van der Waals surface area contributed by atoms with Crippen molar-refractivity contribution in [2.75, 3.05) is 0 Å². The van der Waals surface area contributed by atoms with Crippen molar-refractivity contribution in [3.63, 3.8) is 0 Å². The molecule has 0 aliphatic rings. The molecule has 1 aromatic rings. The molecule has 0 heterocycles. The predicted octanol–water partition coefficient (Wildman–Crippen LogP) is 2.02. The highest BCUT2D eigenvalue weighted by Crippen LogP contribution is 2.22. The first-order valence-electron chi connectivity index (χ1n) is 4.14. The second-order valence-electron chi connectivity index (χ2n) is 3.68. The van der Waals surface area contributed by atoms with E-state index in [1.54, 1.807) is 26.0 Å². The van der Waals surface area contributed by atoms with Crippen LogP contribution in [0.3, 0.4) is 0 Å². The molecule has 0 aliphatic carbocycles. The minimum atomic E-state index is -0.988. The summed E-state index contributed by atoms with van der Waals surface area (Å²) in [5.74, 6) is -0.299. The molecule has 1 aromatic carbocycles. The number of aliphatic hydroxyl groups is 1. The second kappa shape index (κ2) is 4.73. The fourth-order valence-corrected chi connectivity index (χ4v) is 1.08. The van der Waals surface area contributed by atoms with Crippen molar-refractivity contribution in [1.82, 2.24) is 0 Å². The zero-order valence-corrected chi connectivity index (χ0v) is 9.01. The van der Waals surface area contributed by atoms with Crippen molar-refractivity contribution in [3.05, 3.63) is 35.6 Å². The van der Waals surface area contributed by atoms with Crippen LogP contribution in [-0.4, -0.2) is 10.7 Å². The Morgan fingerprint density at radius 3 is 2.07 bits per heavy atom. The molecular weight excluding hydrogens is 205 g/mol. The van der Waals surface area contributed by atoms with E-state index in [2.05, 4.69) is 0 Å². The maximum atomic E-state index is 12.5. The molecular formula is C10H15ClFNO. The summed E-state index contributed by atoms with van der Waals surface area (Å²) in [6, 6.07) is 5.34. The van der Waals surface area contributed by atoms with Crippen molar-refractivity contribution in [1.29, 1.82) is 0 Å². The number of hydrogen-bond acceptors (Lipinski definition) is 2. The van der Waals surface area contributed by atoms with Gasteiger partial charge in [0.25, 0.3) is 0 Å². The summed E-state index contributed by atoms with van der Waals surface area (Å²) >= 11 is 0. The molecule has 0 amide bonds. The van der Waals surface area contributed by atoms with Crippen molar-refractivity contribution in [3.8, 4) is 0 Å². The molecule has 0 saturated heterocycles. The molecule has 14 heavy (non-hydrogen) atoms. The summed E-state index contributed by atoms with van der Waals surface area (Å²) < 4.78 is 12.5. The lowest BCUT2D eigenvalue weighted by molar-refractivity contribution is 0.0517. The van der Waals surface area contributed by atoms with Gasteiger partial charge in [-0.2, -0.15) is 0 Å². The van der Waals surface area contributed by atoms with Gasteiger partial charge >= 0.3 is 0 Å². The molecule has 0 radical (unpaired) electrons. The molecule has 0 aliphatic heterocycles. The molecule has 80 valence electrons. The van der Waals surface area contributed by atoms with E-state index in [4.69, 9.17) is 5.73 Å². The number of nitrogens with two attached hydrogens (primary N) is 1. The Labute approximate surface area is 89.3 Å². The average Bonchev–Trinajstić information content (AvgIpc) is 2.03. The van der Waals surface area contributed by atoms with Gasteiger partial charge in [0.15, 0.2) is 0 Å². The Kier molecular flexibility index (Phi) is 4.52. The van der Waals surface area contributed by atoms with E-state index < -0.39 is 11.6 Å². The lowest BCUT2D eigenvalue weighted by Crippen LogP contribution is -2.34. The van der Waals surface area contributed by atoms with Crippen LogP contribution in [0.15, 0.2) is 24.3 Å². The zero-order chi connectivity index (χ0) is 10.1. The van der Waals surface area contributed by atoms with Crippen LogP contribution in [0.2, 0.25) is 0 Å². The van der Waals surface area contributed by atoms with E-state index in [9.17, 15) is 9.50 Å². The van der Waals surface area contributed by atoms with Gasteiger partial charge in [-0.25, -0.2) is 4.39 Å². The van der Waals surface area contributed by atoms with E-state index >= 15 is 0 Å². The Balaban J connectivity index is 0.00000169. The maximum absolute atomic E-state index is 12.5. The van der Waals surface area contributed by atoms with Gasteiger partial charge in [-0.05, 0) is 31.5 Å². The molecule has 2 nitrogen and oxygen atoms in total. The van der Waals surface area contributed by atoms with Crippen molar-refractivity contribution in [2.45, 2.75) is 25.5 Å². The van der Waals surface area contributed by atoms with Gasteiger partial charge in [-0.15, -0.1) is 12.4 Å². The summed E-state index contributed by atoms with van der Waals surface area (Å²) in [5.41, 5.74) is 5.49. The van der Waals surface area contributed by atoms with E-state index in [-0.39, 0.29) is 18.2 Å². The normalized spacial score (nSPS) is 13.2.